The van der Waals surface area contributed by atoms with Crippen molar-refractivity contribution in [3.63, 3.8) is 0 Å². The molecule has 12 heavy (non-hydrogen) atoms. The Labute approximate surface area is 76.9 Å². The maximum atomic E-state index is 3.61. The highest BCUT2D eigenvalue weighted by Gasteiger charge is 2.45. The van der Waals surface area contributed by atoms with Crippen LogP contribution in [0.5, 0.6) is 0 Å². The Morgan fingerprint density at radius 1 is 1.25 bits per heavy atom. The molecule has 0 atom stereocenters. The zero-order valence-electron chi connectivity index (χ0n) is 9.20. The van der Waals surface area contributed by atoms with Crippen LogP contribution in [0.3, 0.4) is 0 Å². The van der Waals surface area contributed by atoms with Gasteiger partial charge in [0.25, 0.3) is 0 Å². The van der Waals surface area contributed by atoms with Crippen molar-refractivity contribution in [1.82, 2.24) is 5.32 Å². The first-order chi connectivity index (χ1) is 5.36. The van der Waals surface area contributed by atoms with Gasteiger partial charge >= 0.3 is 0 Å². The van der Waals surface area contributed by atoms with E-state index in [4.69, 9.17) is 0 Å². The van der Waals surface area contributed by atoms with Crippen LogP contribution in [0.2, 0.25) is 0 Å². The maximum absolute atomic E-state index is 3.61. The molecule has 0 aromatic rings. The van der Waals surface area contributed by atoms with Crippen LogP contribution in [-0.4, -0.2) is 12.1 Å². The Hall–Kier alpha value is -0.0400. The van der Waals surface area contributed by atoms with E-state index in [9.17, 15) is 0 Å². The van der Waals surface area contributed by atoms with Crippen molar-refractivity contribution in [3.05, 3.63) is 0 Å². The van der Waals surface area contributed by atoms with Crippen molar-refractivity contribution in [3.8, 4) is 0 Å². The first kappa shape index (κ1) is 10.0. The topological polar surface area (TPSA) is 12.0 Å². The summed E-state index contributed by atoms with van der Waals surface area (Å²) in [5.74, 6) is 0.840. The lowest BCUT2D eigenvalue weighted by Gasteiger charge is -2.27. The van der Waals surface area contributed by atoms with Gasteiger partial charge in [-0.05, 0) is 44.9 Å². The Kier molecular flexibility index (Phi) is 2.53. The molecule has 1 saturated carbocycles. The molecule has 1 heteroatoms. The van der Waals surface area contributed by atoms with Gasteiger partial charge in [-0.1, -0.05) is 13.8 Å². The van der Waals surface area contributed by atoms with E-state index in [1.165, 1.54) is 19.4 Å². The SMILES string of the molecule is CC(C)C1(CNC(C)(C)C)CC1. The summed E-state index contributed by atoms with van der Waals surface area (Å²) in [7, 11) is 0. The van der Waals surface area contributed by atoms with Gasteiger partial charge < -0.3 is 5.32 Å². The highest BCUT2D eigenvalue weighted by Crippen LogP contribution is 2.51. The molecule has 0 aromatic carbocycles. The van der Waals surface area contributed by atoms with Gasteiger partial charge in [0.1, 0.15) is 0 Å². The lowest BCUT2D eigenvalue weighted by molar-refractivity contribution is 0.294. The molecule has 1 nitrogen and oxygen atoms in total. The zero-order chi connectivity index (χ0) is 9.41. The third-order valence-corrected chi connectivity index (χ3v) is 3.09. The van der Waals surface area contributed by atoms with Gasteiger partial charge in [-0.3, -0.25) is 0 Å². The fraction of sp³-hybridized carbons (Fsp3) is 1.00. The fourth-order valence-corrected chi connectivity index (χ4v) is 1.56. The van der Waals surface area contributed by atoms with Crippen LogP contribution in [0.25, 0.3) is 0 Å². The summed E-state index contributed by atoms with van der Waals surface area (Å²) in [4.78, 5) is 0. The maximum Gasteiger partial charge on any atom is 0.00967 e. The summed E-state index contributed by atoms with van der Waals surface area (Å²) in [5.41, 5.74) is 0.928. The Bertz CT molecular complexity index is 149. The van der Waals surface area contributed by atoms with Crippen molar-refractivity contribution in [2.24, 2.45) is 11.3 Å². The molecule has 0 radical (unpaired) electrons. The van der Waals surface area contributed by atoms with Gasteiger partial charge in [0, 0.05) is 12.1 Å². The Morgan fingerprint density at radius 2 is 1.75 bits per heavy atom. The van der Waals surface area contributed by atoms with E-state index >= 15 is 0 Å². The molecule has 0 amide bonds. The summed E-state index contributed by atoms with van der Waals surface area (Å²) < 4.78 is 0. The highest BCUT2D eigenvalue weighted by atomic mass is 15.0. The first-order valence-electron chi connectivity index (χ1n) is 5.11. The largest absolute Gasteiger partial charge is 0.312 e. The second-order valence-corrected chi connectivity index (χ2v) is 5.62. The van der Waals surface area contributed by atoms with Crippen molar-refractivity contribution < 1.29 is 0 Å². The van der Waals surface area contributed by atoms with E-state index in [0.29, 0.717) is 5.41 Å². The molecule has 0 spiro atoms. The van der Waals surface area contributed by atoms with Crippen molar-refractivity contribution in [1.29, 1.82) is 0 Å². The Morgan fingerprint density at radius 3 is 2.00 bits per heavy atom. The van der Waals surface area contributed by atoms with Crippen LogP contribution in [0, 0.1) is 11.3 Å². The molecule has 1 rings (SSSR count). The molecule has 0 saturated heterocycles. The molecule has 72 valence electrons. The average molecular weight is 169 g/mol. The molecular weight excluding hydrogens is 146 g/mol. The van der Waals surface area contributed by atoms with Gasteiger partial charge in [-0.25, -0.2) is 0 Å². The van der Waals surface area contributed by atoms with Gasteiger partial charge in [-0.15, -0.1) is 0 Å². The number of rotatable bonds is 3. The van der Waals surface area contributed by atoms with Gasteiger partial charge in [0.05, 0.1) is 0 Å². The molecule has 0 heterocycles. The first-order valence-corrected chi connectivity index (χ1v) is 5.11. The van der Waals surface area contributed by atoms with Crippen LogP contribution in [0.15, 0.2) is 0 Å². The van der Waals surface area contributed by atoms with Crippen LogP contribution in [0.4, 0.5) is 0 Å². The summed E-state index contributed by atoms with van der Waals surface area (Å²) in [6, 6.07) is 0. The fourth-order valence-electron chi connectivity index (χ4n) is 1.56. The van der Waals surface area contributed by atoms with Crippen molar-refractivity contribution in [2.75, 3.05) is 6.54 Å². The quantitative estimate of drug-likeness (QED) is 0.685. The van der Waals surface area contributed by atoms with Crippen LogP contribution in [-0.2, 0) is 0 Å². The van der Waals surface area contributed by atoms with E-state index < -0.39 is 0 Å². The Balaban J connectivity index is 2.32. The predicted octanol–water partition coefficient (Wildman–Crippen LogP) is 2.81. The number of nitrogens with one attached hydrogen (secondary N) is 1. The summed E-state index contributed by atoms with van der Waals surface area (Å²) in [5, 5.41) is 3.61. The molecule has 1 aliphatic rings. The molecule has 1 N–H and O–H groups in total. The van der Waals surface area contributed by atoms with Crippen LogP contribution < -0.4 is 5.32 Å². The van der Waals surface area contributed by atoms with E-state index in [0.717, 1.165) is 5.92 Å². The standard InChI is InChI=1S/C11H23N/c1-9(2)11(6-7-11)8-12-10(3,4)5/h9,12H,6-8H2,1-5H3. The third kappa shape index (κ3) is 2.48. The van der Waals surface area contributed by atoms with E-state index in [1.54, 1.807) is 0 Å². The summed E-state index contributed by atoms with van der Waals surface area (Å²) >= 11 is 0. The third-order valence-electron chi connectivity index (χ3n) is 3.09. The molecule has 0 aromatic heterocycles. The van der Waals surface area contributed by atoms with Gasteiger partial charge in [0.2, 0.25) is 0 Å². The summed E-state index contributed by atoms with van der Waals surface area (Å²) in [6.45, 7) is 12.6. The van der Waals surface area contributed by atoms with Crippen LogP contribution >= 0.6 is 0 Å². The smallest absolute Gasteiger partial charge is 0.00967 e. The lowest BCUT2D eigenvalue weighted by Crippen LogP contribution is -2.40. The van der Waals surface area contributed by atoms with Gasteiger partial charge in [0.15, 0.2) is 0 Å². The molecule has 1 aliphatic carbocycles. The van der Waals surface area contributed by atoms with E-state index in [-0.39, 0.29) is 5.54 Å². The average Bonchev–Trinajstić information content (AvgIpc) is 2.61. The minimum atomic E-state index is 0.282. The van der Waals surface area contributed by atoms with Crippen molar-refractivity contribution in [2.45, 2.75) is 53.0 Å². The zero-order valence-corrected chi connectivity index (χ0v) is 9.20. The monoisotopic (exact) mass is 169 g/mol. The van der Waals surface area contributed by atoms with Crippen molar-refractivity contribution >= 4 is 0 Å². The summed E-state index contributed by atoms with van der Waals surface area (Å²) in [6.07, 6.45) is 2.85. The van der Waals surface area contributed by atoms with Crippen LogP contribution in [0.1, 0.15) is 47.5 Å². The number of hydrogen-bond acceptors (Lipinski definition) is 1. The molecule has 0 bridgehead atoms. The van der Waals surface area contributed by atoms with E-state index in [1.807, 2.05) is 0 Å². The molecule has 1 fully saturated rings. The lowest BCUT2D eigenvalue weighted by atomic mass is 9.91. The normalized spacial score (nSPS) is 21.5. The number of hydrogen-bond donors (Lipinski definition) is 1. The second-order valence-electron chi connectivity index (χ2n) is 5.62. The predicted molar refractivity (Wildman–Crippen MR) is 54.3 cm³/mol. The molecular formula is C11H23N. The van der Waals surface area contributed by atoms with E-state index in [2.05, 4.69) is 39.9 Å². The minimum Gasteiger partial charge on any atom is -0.312 e. The molecule has 0 unspecified atom stereocenters. The van der Waals surface area contributed by atoms with Gasteiger partial charge in [-0.2, -0.15) is 0 Å². The molecule has 0 aliphatic heterocycles. The second kappa shape index (κ2) is 3.02. The minimum absolute atomic E-state index is 0.282. The highest BCUT2D eigenvalue weighted by molar-refractivity contribution is 4.98.